The van der Waals surface area contributed by atoms with Crippen LogP contribution in [-0.2, 0) is 23.8 Å². The van der Waals surface area contributed by atoms with E-state index in [2.05, 4.69) is 304 Å². The fraction of sp³-hybridized carbons (Fsp3) is 0.122. The zero-order chi connectivity index (χ0) is 58.3. The average molecular weight is 1120 g/mol. The van der Waals surface area contributed by atoms with Gasteiger partial charge >= 0.3 is 0 Å². The maximum absolute atomic E-state index is 7.23. The van der Waals surface area contributed by atoms with Gasteiger partial charge in [0.05, 0.1) is 39.4 Å². The lowest BCUT2D eigenvalue weighted by Gasteiger charge is -2.51. The molecule has 0 N–H and O–H groups in total. The number of furan rings is 2. The van der Waals surface area contributed by atoms with Crippen LogP contribution in [0.1, 0.15) is 82.8 Å². The van der Waals surface area contributed by atoms with Gasteiger partial charge < -0.3 is 23.5 Å². The summed E-state index contributed by atoms with van der Waals surface area (Å²) >= 11 is 0. The number of hydrogen-bond acceptors (Lipinski definition) is 5. The lowest BCUT2D eigenvalue weighted by atomic mass is 9.60. The van der Waals surface area contributed by atoms with Gasteiger partial charge in [0.15, 0.2) is 11.2 Å². The second-order valence-electron chi connectivity index (χ2n) is 24.3. The highest BCUT2D eigenvalue weighted by Crippen LogP contribution is 2.69. The Morgan fingerprint density at radius 1 is 0.414 bits per heavy atom. The van der Waals surface area contributed by atoms with E-state index in [1.807, 2.05) is 0 Å². The SMILES string of the molecule is CCc1ccc(N(c2cc3c(c4ccccc24)C2=C(CC(C)(N(c4ccc(CC)cc4)c4cccc5c4oc4c(C)cccc45)c4ccccc42)C32c3ccccc3N(c3ccccc3)c3ccccc32)c2cccc3c2oc2c(C)cccc23)cc1. The van der Waals surface area contributed by atoms with E-state index in [-0.39, 0.29) is 0 Å². The van der Waals surface area contributed by atoms with E-state index >= 15 is 0 Å². The smallest absolute Gasteiger partial charge is 0.159 e. The molecule has 0 bridgehead atoms. The summed E-state index contributed by atoms with van der Waals surface area (Å²) in [6, 6.07) is 95.6. The van der Waals surface area contributed by atoms with Crippen LogP contribution in [0, 0.1) is 13.8 Å². The molecule has 0 amide bonds. The van der Waals surface area contributed by atoms with Gasteiger partial charge in [-0.2, -0.15) is 0 Å². The number of benzene rings is 12. The summed E-state index contributed by atoms with van der Waals surface area (Å²) in [5.74, 6) is 0. The standard InChI is InChI=1S/C82H63N3O2/c1-6-53-41-45-56(46-42-53)84(72-39-21-32-62-60-30-19-23-51(3)77(60)86-79(62)72)74-49-68-75(59-28-12-11-27-58(59)74)76-64-29-13-14-34-65(64)81(5,85(57-47-43-54(7-2)44-48-57)73-40-22-33-63-61-31-20-24-52(4)78(61)87-80(63)73)50-69(76)82(68)66-35-15-17-37-70(66)83(55-25-9-8-10-26-55)71-38-18-16-36-67(71)82/h8-49H,6-7,50H2,1-5H3. The Labute approximate surface area is 507 Å². The van der Waals surface area contributed by atoms with E-state index in [1.54, 1.807) is 0 Å². The Morgan fingerprint density at radius 2 is 0.897 bits per heavy atom. The second-order valence-corrected chi connectivity index (χ2v) is 24.3. The maximum atomic E-state index is 7.23. The van der Waals surface area contributed by atoms with Gasteiger partial charge in [-0.25, -0.2) is 0 Å². The summed E-state index contributed by atoms with van der Waals surface area (Å²) < 4.78 is 14.4. The normalized spacial score (nSPS) is 15.5. The summed E-state index contributed by atoms with van der Waals surface area (Å²) in [5, 5.41) is 6.80. The summed E-state index contributed by atoms with van der Waals surface area (Å²) in [7, 11) is 0. The lowest BCUT2D eigenvalue weighted by Crippen LogP contribution is -2.46. The van der Waals surface area contributed by atoms with Gasteiger partial charge in [-0.1, -0.05) is 202 Å². The molecule has 3 heterocycles. The fourth-order valence-electron chi connectivity index (χ4n) is 15.8. The van der Waals surface area contributed by atoms with Crippen LogP contribution >= 0.6 is 0 Å². The van der Waals surface area contributed by atoms with Crippen LogP contribution in [0.2, 0.25) is 0 Å². The minimum atomic E-state index is -0.836. The van der Waals surface area contributed by atoms with E-state index in [0.717, 1.165) is 119 Å². The Hall–Kier alpha value is -10.4. The molecule has 1 spiro atoms. The first-order valence-electron chi connectivity index (χ1n) is 30.8. The zero-order valence-electron chi connectivity index (χ0n) is 49.5. The Morgan fingerprint density at radius 3 is 1.51 bits per heavy atom. The van der Waals surface area contributed by atoms with Gasteiger partial charge in [0.1, 0.15) is 11.2 Å². The van der Waals surface area contributed by atoms with Crippen molar-refractivity contribution in [2.24, 2.45) is 0 Å². The van der Waals surface area contributed by atoms with E-state index in [9.17, 15) is 0 Å². The summed E-state index contributed by atoms with van der Waals surface area (Å²) in [5.41, 5.74) is 25.7. The average Bonchev–Trinajstić information content (AvgIpc) is 1.82. The molecule has 3 aliphatic rings. The minimum absolute atomic E-state index is 0.663. The van der Waals surface area contributed by atoms with Gasteiger partial charge in [-0.05, 0) is 179 Å². The maximum Gasteiger partial charge on any atom is 0.159 e. The topological polar surface area (TPSA) is 36.0 Å². The molecule has 0 fully saturated rings. The third-order valence-corrected chi connectivity index (χ3v) is 19.7. The lowest BCUT2D eigenvalue weighted by molar-refractivity contribution is 0.448. The van der Waals surface area contributed by atoms with Gasteiger partial charge in [0, 0.05) is 44.0 Å². The van der Waals surface area contributed by atoms with Crippen molar-refractivity contribution < 1.29 is 8.83 Å². The van der Waals surface area contributed by atoms with Crippen LogP contribution in [0.3, 0.4) is 0 Å². The highest BCUT2D eigenvalue weighted by atomic mass is 16.3. The minimum Gasteiger partial charge on any atom is -0.454 e. The molecule has 0 saturated heterocycles. The third kappa shape index (κ3) is 7.20. The molecule has 1 unspecified atom stereocenters. The van der Waals surface area contributed by atoms with Gasteiger partial charge in [-0.15, -0.1) is 0 Å². The summed E-state index contributed by atoms with van der Waals surface area (Å²) in [6.07, 6.45) is 2.55. The van der Waals surface area contributed by atoms with E-state index in [0.29, 0.717) is 6.42 Å². The molecule has 418 valence electrons. The monoisotopic (exact) mass is 1120 g/mol. The Balaban J connectivity index is 1.01. The van der Waals surface area contributed by atoms with E-state index < -0.39 is 11.0 Å². The number of para-hydroxylation sites is 7. The fourth-order valence-corrected chi connectivity index (χ4v) is 15.8. The van der Waals surface area contributed by atoms with Gasteiger partial charge in [-0.3, -0.25) is 0 Å². The molecule has 0 radical (unpaired) electrons. The van der Waals surface area contributed by atoms with Crippen LogP contribution in [0.25, 0.3) is 60.2 Å². The molecule has 12 aromatic carbocycles. The first-order chi connectivity index (χ1) is 42.8. The molecule has 1 atom stereocenters. The quantitative estimate of drug-likeness (QED) is 0.144. The van der Waals surface area contributed by atoms with Crippen molar-refractivity contribution in [2.45, 2.75) is 64.8 Å². The Bertz CT molecular complexity index is 5110. The molecular formula is C82H63N3O2. The van der Waals surface area contributed by atoms with Crippen molar-refractivity contribution in [1.82, 2.24) is 0 Å². The van der Waals surface area contributed by atoms with Crippen LogP contribution in [0.4, 0.5) is 45.5 Å². The van der Waals surface area contributed by atoms with Crippen LogP contribution < -0.4 is 14.7 Å². The van der Waals surface area contributed by atoms with Crippen molar-refractivity contribution in [3.63, 3.8) is 0 Å². The zero-order valence-corrected chi connectivity index (χ0v) is 49.5. The predicted molar refractivity (Wildman–Crippen MR) is 362 cm³/mol. The van der Waals surface area contributed by atoms with Gasteiger partial charge in [0.25, 0.3) is 0 Å². The summed E-state index contributed by atoms with van der Waals surface area (Å²) in [4.78, 5) is 7.65. The van der Waals surface area contributed by atoms with Crippen molar-refractivity contribution >= 4 is 106 Å². The predicted octanol–water partition coefficient (Wildman–Crippen LogP) is 22.2. The Kier molecular flexibility index (Phi) is 11.4. The second kappa shape index (κ2) is 19.3. The first kappa shape index (κ1) is 51.1. The molecule has 1 aliphatic heterocycles. The van der Waals surface area contributed by atoms with Crippen LogP contribution in [-0.4, -0.2) is 0 Å². The van der Waals surface area contributed by atoms with Crippen LogP contribution in [0.5, 0.6) is 0 Å². The molecule has 87 heavy (non-hydrogen) atoms. The van der Waals surface area contributed by atoms with Crippen molar-refractivity contribution in [1.29, 1.82) is 0 Å². The number of fused-ring (bicyclic) bond motifs is 18. The first-order valence-corrected chi connectivity index (χ1v) is 30.8. The van der Waals surface area contributed by atoms with E-state index in [4.69, 9.17) is 8.83 Å². The number of rotatable bonds is 9. The molecule has 5 nitrogen and oxygen atoms in total. The number of anilines is 8. The molecule has 2 aliphatic carbocycles. The third-order valence-electron chi connectivity index (χ3n) is 19.7. The van der Waals surface area contributed by atoms with Crippen LogP contribution in [0.15, 0.2) is 269 Å². The molecule has 17 rings (SSSR count). The molecule has 0 saturated carbocycles. The van der Waals surface area contributed by atoms with Crippen molar-refractivity contribution in [3.8, 4) is 0 Å². The highest BCUT2D eigenvalue weighted by Gasteiger charge is 2.58. The highest BCUT2D eigenvalue weighted by molar-refractivity contribution is 6.16. The van der Waals surface area contributed by atoms with Crippen molar-refractivity contribution in [2.75, 3.05) is 14.7 Å². The number of hydrogen-bond donors (Lipinski definition) is 0. The molecule has 2 aromatic heterocycles. The number of nitrogens with zero attached hydrogens (tertiary/aromatic N) is 3. The molecular weight excluding hydrogens is 1060 g/mol. The van der Waals surface area contributed by atoms with Gasteiger partial charge in [0.2, 0.25) is 0 Å². The van der Waals surface area contributed by atoms with Crippen molar-refractivity contribution in [3.05, 3.63) is 316 Å². The largest absolute Gasteiger partial charge is 0.454 e. The van der Waals surface area contributed by atoms with E-state index in [1.165, 1.54) is 61.0 Å². The summed E-state index contributed by atoms with van der Waals surface area (Å²) in [6.45, 7) is 11.3. The molecule has 5 heteroatoms. The molecule has 14 aromatic rings. The number of aryl methyl sites for hydroxylation is 4.